The van der Waals surface area contributed by atoms with E-state index in [9.17, 15) is 14.5 Å². The third-order valence-electron chi connectivity index (χ3n) is 1.96. The van der Waals surface area contributed by atoms with Gasteiger partial charge in [-0.2, -0.15) is 0 Å². The van der Waals surface area contributed by atoms with Gasteiger partial charge in [-0.15, -0.1) is 0 Å². The lowest BCUT2D eigenvalue weighted by atomic mass is 10.3. The monoisotopic (exact) mass is 234 g/mol. The zero-order chi connectivity index (χ0) is 12.3. The third-order valence-corrected chi connectivity index (χ3v) is 1.96. The van der Waals surface area contributed by atoms with Gasteiger partial charge >= 0.3 is 5.69 Å². The molecule has 0 aliphatic heterocycles. The highest BCUT2D eigenvalue weighted by molar-refractivity contribution is 5.42. The minimum Gasteiger partial charge on any atom is -0.434 e. The summed E-state index contributed by atoms with van der Waals surface area (Å²) in [5.74, 6) is -0.490. The molecule has 0 saturated carbocycles. The van der Waals surface area contributed by atoms with E-state index in [2.05, 4.69) is 4.98 Å². The van der Waals surface area contributed by atoms with Crippen molar-refractivity contribution in [2.45, 2.75) is 0 Å². The predicted molar refractivity (Wildman–Crippen MR) is 57.4 cm³/mol. The molecule has 0 N–H and O–H groups in total. The van der Waals surface area contributed by atoms with Crippen molar-refractivity contribution >= 4 is 5.69 Å². The van der Waals surface area contributed by atoms with Gasteiger partial charge in [0.2, 0.25) is 0 Å². The second-order valence-corrected chi connectivity index (χ2v) is 3.14. The number of nitrogens with zero attached hydrogens (tertiary/aromatic N) is 2. The van der Waals surface area contributed by atoms with Crippen molar-refractivity contribution in [1.82, 2.24) is 4.98 Å². The van der Waals surface area contributed by atoms with Crippen molar-refractivity contribution in [2.75, 3.05) is 0 Å². The molecule has 2 aromatic rings. The highest BCUT2D eigenvalue weighted by Crippen LogP contribution is 2.28. The van der Waals surface area contributed by atoms with Crippen LogP contribution >= 0.6 is 0 Å². The van der Waals surface area contributed by atoms with Crippen LogP contribution in [-0.2, 0) is 0 Å². The van der Waals surface area contributed by atoms with Crippen molar-refractivity contribution in [3.63, 3.8) is 0 Å². The average Bonchev–Trinajstić information content (AvgIpc) is 2.29. The van der Waals surface area contributed by atoms with Crippen LogP contribution in [0.4, 0.5) is 10.1 Å². The largest absolute Gasteiger partial charge is 0.434 e. The highest BCUT2D eigenvalue weighted by Gasteiger charge is 2.16. The van der Waals surface area contributed by atoms with Gasteiger partial charge in [0.15, 0.2) is 0 Å². The number of ether oxygens (including phenoxy) is 1. The average molecular weight is 234 g/mol. The molecule has 0 bridgehead atoms. The molecule has 0 unspecified atom stereocenters. The zero-order valence-electron chi connectivity index (χ0n) is 8.54. The van der Waals surface area contributed by atoms with Crippen LogP contribution in [0, 0.1) is 15.9 Å². The van der Waals surface area contributed by atoms with Gasteiger partial charge in [-0.05, 0) is 18.2 Å². The lowest BCUT2D eigenvalue weighted by Crippen LogP contribution is -1.95. The molecular formula is C11H7FN2O3. The van der Waals surface area contributed by atoms with E-state index in [-0.39, 0.29) is 17.3 Å². The smallest absolute Gasteiger partial charge is 0.331 e. The first-order valence-electron chi connectivity index (χ1n) is 4.69. The summed E-state index contributed by atoms with van der Waals surface area (Å²) >= 11 is 0. The summed E-state index contributed by atoms with van der Waals surface area (Å²) in [5, 5.41) is 10.7. The van der Waals surface area contributed by atoms with Crippen molar-refractivity contribution in [2.24, 2.45) is 0 Å². The van der Waals surface area contributed by atoms with E-state index in [0.29, 0.717) is 0 Å². The molecule has 0 atom stereocenters. The maximum absolute atomic E-state index is 12.9. The maximum Gasteiger partial charge on any atom is 0.331 e. The summed E-state index contributed by atoms with van der Waals surface area (Å²) < 4.78 is 18.1. The first-order chi connectivity index (χ1) is 8.16. The first kappa shape index (κ1) is 11.0. The SMILES string of the molecule is O=[N+]([O-])c1cccnc1Oc1cccc(F)c1. The first-order valence-corrected chi connectivity index (χ1v) is 4.69. The molecule has 5 nitrogen and oxygen atoms in total. The minimum absolute atomic E-state index is 0.159. The van der Waals surface area contributed by atoms with E-state index in [1.807, 2.05) is 0 Å². The summed E-state index contributed by atoms with van der Waals surface area (Å²) in [6.45, 7) is 0. The van der Waals surface area contributed by atoms with E-state index in [4.69, 9.17) is 4.74 Å². The lowest BCUT2D eigenvalue weighted by Gasteiger charge is -2.04. The van der Waals surface area contributed by atoms with E-state index in [0.717, 1.165) is 6.07 Å². The fraction of sp³-hybridized carbons (Fsp3) is 0. The molecular weight excluding hydrogens is 227 g/mol. The molecule has 0 fully saturated rings. The van der Waals surface area contributed by atoms with Crippen LogP contribution in [0.15, 0.2) is 42.6 Å². The maximum atomic E-state index is 12.9. The number of halogens is 1. The summed E-state index contributed by atoms with van der Waals surface area (Å²) in [7, 11) is 0. The standard InChI is InChI=1S/C11H7FN2O3/c12-8-3-1-4-9(7-8)17-11-10(14(15)16)5-2-6-13-11/h1-7H. The number of aromatic nitrogens is 1. The molecule has 6 heteroatoms. The molecule has 0 amide bonds. The summed E-state index contributed by atoms with van der Waals surface area (Å²) in [6, 6.07) is 8.00. The van der Waals surface area contributed by atoms with Gasteiger partial charge in [0, 0.05) is 18.3 Å². The van der Waals surface area contributed by atoms with Gasteiger partial charge in [0.25, 0.3) is 5.88 Å². The van der Waals surface area contributed by atoms with Crippen LogP contribution in [0.1, 0.15) is 0 Å². The number of hydrogen-bond donors (Lipinski definition) is 0. The zero-order valence-corrected chi connectivity index (χ0v) is 8.54. The Morgan fingerprint density at radius 2 is 2.12 bits per heavy atom. The van der Waals surface area contributed by atoms with Crippen molar-refractivity contribution in [1.29, 1.82) is 0 Å². The molecule has 86 valence electrons. The Morgan fingerprint density at radius 1 is 1.29 bits per heavy atom. The number of hydrogen-bond acceptors (Lipinski definition) is 4. The van der Waals surface area contributed by atoms with Gasteiger partial charge in [0.1, 0.15) is 11.6 Å². The molecule has 1 aromatic carbocycles. The third kappa shape index (κ3) is 2.54. The molecule has 1 aromatic heterocycles. The Balaban J connectivity index is 2.33. The minimum atomic E-state index is -0.609. The molecule has 0 saturated heterocycles. The Kier molecular flexibility index (Phi) is 2.95. The van der Waals surface area contributed by atoms with E-state index in [1.165, 1.54) is 36.5 Å². The van der Waals surface area contributed by atoms with Crippen molar-refractivity contribution < 1.29 is 14.1 Å². The van der Waals surface area contributed by atoms with Gasteiger partial charge in [-0.25, -0.2) is 9.37 Å². The topological polar surface area (TPSA) is 65.3 Å². The molecule has 0 aliphatic rings. The van der Waals surface area contributed by atoms with E-state index >= 15 is 0 Å². The predicted octanol–water partition coefficient (Wildman–Crippen LogP) is 2.92. The van der Waals surface area contributed by atoms with Crippen LogP contribution in [0.25, 0.3) is 0 Å². The van der Waals surface area contributed by atoms with Crippen LogP contribution in [0.3, 0.4) is 0 Å². The summed E-state index contributed by atoms with van der Waals surface area (Å²) in [6.07, 6.45) is 1.36. The second kappa shape index (κ2) is 4.56. The lowest BCUT2D eigenvalue weighted by molar-refractivity contribution is -0.386. The Morgan fingerprint density at radius 3 is 2.82 bits per heavy atom. The van der Waals surface area contributed by atoms with Crippen LogP contribution in [0.5, 0.6) is 11.6 Å². The van der Waals surface area contributed by atoms with Gasteiger partial charge in [0.05, 0.1) is 4.92 Å². The van der Waals surface area contributed by atoms with Crippen LogP contribution < -0.4 is 4.74 Å². The van der Waals surface area contributed by atoms with E-state index < -0.39 is 10.7 Å². The normalized spacial score (nSPS) is 9.94. The van der Waals surface area contributed by atoms with Crippen LogP contribution in [-0.4, -0.2) is 9.91 Å². The Labute approximate surface area is 95.6 Å². The van der Waals surface area contributed by atoms with E-state index in [1.54, 1.807) is 0 Å². The molecule has 0 aliphatic carbocycles. The number of rotatable bonds is 3. The van der Waals surface area contributed by atoms with Crippen molar-refractivity contribution in [3.8, 4) is 11.6 Å². The molecule has 17 heavy (non-hydrogen) atoms. The van der Waals surface area contributed by atoms with Crippen LogP contribution in [0.2, 0.25) is 0 Å². The quantitative estimate of drug-likeness (QED) is 0.605. The number of pyridine rings is 1. The molecule has 1 heterocycles. The summed E-state index contributed by atoms with van der Waals surface area (Å²) in [5.41, 5.74) is -0.267. The second-order valence-electron chi connectivity index (χ2n) is 3.14. The molecule has 0 spiro atoms. The fourth-order valence-corrected chi connectivity index (χ4v) is 1.24. The molecule has 0 radical (unpaired) electrons. The van der Waals surface area contributed by atoms with Gasteiger partial charge < -0.3 is 4.74 Å². The number of benzene rings is 1. The summed E-state index contributed by atoms with van der Waals surface area (Å²) in [4.78, 5) is 13.8. The highest BCUT2D eigenvalue weighted by atomic mass is 19.1. The fourth-order valence-electron chi connectivity index (χ4n) is 1.24. The van der Waals surface area contributed by atoms with Crippen molar-refractivity contribution in [3.05, 3.63) is 58.5 Å². The van der Waals surface area contributed by atoms with Gasteiger partial charge in [-0.3, -0.25) is 10.1 Å². The van der Waals surface area contributed by atoms with Gasteiger partial charge in [-0.1, -0.05) is 6.07 Å². The number of nitro groups is 1. The molecule has 2 rings (SSSR count). The Bertz CT molecular complexity index is 560. The Hall–Kier alpha value is -2.50.